The summed E-state index contributed by atoms with van der Waals surface area (Å²) in [5.74, 6) is -1.21. The Bertz CT molecular complexity index is 1080. The van der Waals surface area contributed by atoms with Crippen LogP contribution < -0.4 is 5.49 Å². The van der Waals surface area contributed by atoms with Crippen LogP contribution in [0.1, 0.15) is 25.3 Å². The fourth-order valence-electron chi connectivity index (χ4n) is 2.91. The largest absolute Gasteiger partial charge is 0.505 e. The molecule has 1 aromatic heterocycles. The van der Waals surface area contributed by atoms with Crippen molar-refractivity contribution in [1.82, 2.24) is 8.87 Å². The van der Waals surface area contributed by atoms with Crippen LogP contribution in [0.25, 0.3) is 5.76 Å². The van der Waals surface area contributed by atoms with Crippen LogP contribution >= 0.6 is 0 Å². The lowest BCUT2D eigenvalue weighted by atomic mass is 10.1. The average molecular weight is 387 g/mol. The number of aryl methyl sites for hydroxylation is 1. The number of carbonyl (C=O) groups excluding carboxylic acids is 1. The molecule has 0 spiro atoms. The van der Waals surface area contributed by atoms with Gasteiger partial charge in [-0.25, -0.2) is 8.42 Å². The van der Waals surface area contributed by atoms with Gasteiger partial charge in [0.2, 0.25) is 0 Å². The molecule has 0 saturated heterocycles. The standard InChI is InChI=1S/C19H21N3O4S/c1-3-4-12-22-13-8-7-11-16(22)20-19(24)17-18(23)14-9-5-6-10-15(14)27(25,26)21(17)2/h5-11,13,23H,3-4,12H2,1-2H3. The quantitative estimate of drug-likeness (QED) is 0.871. The van der Waals surface area contributed by atoms with E-state index >= 15 is 0 Å². The van der Waals surface area contributed by atoms with Gasteiger partial charge in [-0.05, 0) is 30.7 Å². The summed E-state index contributed by atoms with van der Waals surface area (Å²) in [6.45, 7) is 2.75. The van der Waals surface area contributed by atoms with E-state index in [1.54, 1.807) is 24.3 Å². The molecular formula is C19H21N3O4S. The van der Waals surface area contributed by atoms with Crippen LogP contribution in [0, 0.1) is 0 Å². The van der Waals surface area contributed by atoms with Gasteiger partial charge in [-0.1, -0.05) is 31.5 Å². The Kier molecular flexibility index (Phi) is 5.18. The molecular weight excluding hydrogens is 366 g/mol. The zero-order chi connectivity index (χ0) is 19.6. The summed E-state index contributed by atoms with van der Waals surface area (Å²) in [6, 6.07) is 11.3. The van der Waals surface area contributed by atoms with E-state index in [1.165, 1.54) is 19.2 Å². The second-order valence-corrected chi connectivity index (χ2v) is 8.13. The summed E-state index contributed by atoms with van der Waals surface area (Å²) in [5.41, 5.74) is 0.140. The van der Waals surface area contributed by atoms with E-state index in [4.69, 9.17) is 0 Å². The highest BCUT2D eigenvalue weighted by Gasteiger charge is 2.37. The summed E-state index contributed by atoms with van der Waals surface area (Å²) in [4.78, 5) is 16.8. The van der Waals surface area contributed by atoms with Gasteiger partial charge in [-0.3, -0.25) is 9.10 Å². The lowest BCUT2D eigenvalue weighted by molar-refractivity contribution is -0.115. The van der Waals surface area contributed by atoms with E-state index in [9.17, 15) is 18.3 Å². The molecule has 0 saturated carbocycles. The van der Waals surface area contributed by atoms with E-state index in [2.05, 4.69) is 11.9 Å². The first-order valence-electron chi connectivity index (χ1n) is 8.64. The minimum Gasteiger partial charge on any atom is -0.505 e. The maximum Gasteiger partial charge on any atom is 0.300 e. The molecule has 2 heterocycles. The lowest BCUT2D eigenvalue weighted by Crippen LogP contribution is -2.35. The number of carbonyl (C=O) groups is 1. The molecule has 0 bridgehead atoms. The van der Waals surface area contributed by atoms with Crippen molar-refractivity contribution in [3.8, 4) is 0 Å². The van der Waals surface area contributed by atoms with E-state index in [1.807, 2.05) is 16.8 Å². The van der Waals surface area contributed by atoms with Crippen molar-refractivity contribution in [2.24, 2.45) is 4.99 Å². The van der Waals surface area contributed by atoms with Crippen LogP contribution in [0.5, 0.6) is 0 Å². The second kappa shape index (κ2) is 7.40. The predicted molar refractivity (Wildman–Crippen MR) is 101 cm³/mol. The third kappa shape index (κ3) is 3.40. The summed E-state index contributed by atoms with van der Waals surface area (Å²) in [6.07, 6.45) is 3.71. The van der Waals surface area contributed by atoms with Crippen molar-refractivity contribution in [2.75, 3.05) is 7.05 Å². The predicted octanol–water partition coefficient (Wildman–Crippen LogP) is 2.28. The Labute approximate surface area is 158 Å². The maximum absolute atomic E-state index is 12.8. The van der Waals surface area contributed by atoms with E-state index in [0.717, 1.165) is 17.1 Å². The molecule has 142 valence electrons. The molecule has 0 aliphatic carbocycles. The van der Waals surface area contributed by atoms with Crippen molar-refractivity contribution in [3.05, 3.63) is 65.4 Å². The first-order valence-corrected chi connectivity index (χ1v) is 10.1. The zero-order valence-corrected chi connectivity index (χ0v) is 16.0. The van der Waals surface area contributed by atoms with Crippen LogP contribution in [0.15, 0.2) is 64.2 Å². The number of sulfonamides is 1. The van der Waals surface area contributed by atoms with Crippen LogP contribution in [0.2, 0.25) is 0 Å². The molecule has 0 fully saturated rings. The topological polar surface area (TPSA) is 92.0 Å². The highest BCUT2D eigenvalue weighted by molar-refractivity contribution is 7.89. The average Bonchev–Trinajstić information content (AvgIpc) is 2.66. The lowest BCUT2D eigenvalue weighted by Gasteiger charge is -2.27. The van der Waals surface area contributed by atoms with Gasteiger partial charge in [-0.15, -0.1) is 0 Å². The van der Waals surface area contributed by atoms with Gasteiger partial charge >= 0.3 is 0 Å². The number of amides is 1. The number of pyridine rings is 1. The van der Waals surface area contributed by atoms with E-state index in [-0.39, 0.29) is 16.2 Å². The normalized spacial score (nSPS) is 16.4. The summed E-state index contributed by atoms with van der Waals surface area (Å²) in [7, 11) is -2.70. The number of rotatable bonds is 4. The number of aliphatic hydroxyl groups is 1. The highest BCUT2D eigenvalue weighted by Crippen LogP contribution is 2.34. The number of unbranched alkanes of at least 4 members (excludes halogenated alkanes) is 1. The van der Waals surface area contributed by atoms with Gasteiger partial charge in [0.05, 0.1) is 4.90 Å². The Balaban J connectivity index is 2.13. The third-order valence-corrected chi connectivity index (χ3v) is 6.22. The van der Waals surface area contributed by atoms with Crippen molar-refractivity contribution >= 4 is 21.7 Å². The van der Waals surface area contributed by atoms with Gasteiger partial charge in [-0.2, -0.15) is 4.99 Å². The molecule has 27 heavy (non-hydrogen) atoms. The van der Waals surface area contributed by atoms with Gasteiger partial charge in [0.1, 0.15) is 5.49 Å². The van der Waals surface area contributed by atoms with Crippen molar-refractivity contribution < 1.29 is 18.3 Å². The minimum atomic E-state index is -3.94. The zero-order valence-electron chi connectivity index (χ0n) is 15.2. The van der Waals surface area contributed by atoms with Crippen molar-refractivity contribution in [2.45, 2.75) is 31.2 Å². The van der Waals surface area contributed by atoms with Crippen LogP contribution in [0.3, 0.4) is 0 Å². The first kappa shape index (κ1) is 18.9. The molecule has 0 unspecified atom stereocenters. The molecule has 1 aliphatic heterocycles. The number of nitrogens with zero attached hydrogens (tertiary/aromatic N) is 3. The molecule has 0 atom stereocenters. The SMILES string of the molecule is CCCCn1ccccc1=NC(=O)C1=C(O)c2ccccc2S(=O)(=O)N1C. The number of hydrogen-bond donors (Lipinski definition) is 1. The van der Waals surface area contributed by atoms with Crippen LogP contribution in [-0.2, 0) is 21.4 Å². The molecule has 1 amide bonds. The summed E-state index contributed by atoms with van der Waals surface area (Å²) in [5, 5.41) is 10.6. The van der Waals surface area contributed by atoms with Gasteiger partial charge in [0.15, 0.2) is 11.5 Å². The fourth-order valence-corrected chi connectivity index (χ4v) is 4.30. The van der Waals surface area contributed by atoms with E-state index < -0.39 is 21.7 Å². The fraction of sp³-hybridized carbons (Fsp3) is 0.263. The summed E-state index contributed by atoms with van der Waals surface area (Å²) < 4.78 is 28.0. The third-order valence-electron chi connectivity index (χ3n) is 4.41. The molecule has 7 nitrogen and oxygen atoms in total. The van der Waals surface area contributed by atoms with Gasteiger partial charge in [0, 0.05) is 25.4 Å². The number of aromatic nitrogens is 1. The van der Waals surface area contributed by atoms with Crippen LogP contribution in [-0.4, -0.2) is 35.4 Å². The van der Waals surface area contributed by atoms with Crippen molar-refractivity contribution in [1.29, 1.82) is 0 Å². The molecule has 1 aromatic carbocycles. The number of likely N-dealkylation sites (N-methyl/N-ethyl adjacent to an activating group) is 1. The monoisotopic (exact) mass is 387 g/mol. The first-order chi connectivity index (χ1) is 12.9. The molecule has 3 rings (SSSR count). The van der Waals surface area contributed by atoms with Gasteiger partial charge in [0.25, 0.3) is 15.9 Å². The molecule has 0 radical (unpaired) electrons. The number of aliphatic hydroxyl groups excluding tert-OH is 1. The molecule has 8 heteroatoms. The molecule has 2 aromatic rings. The summed E-state index contributed by atoms with van der Waals surface area (Å²) >= 11 is 0. The number of fused-ring (bicyclic) bond motifs is 1. The minimum absolute atomic E-state index is 0.0423. The smallest absolute Gasteiger partial charge is 0.300 e. The van der Waals surface area contributed by atoms with Crippen molar-refractivity contribution in [3.63, 3.8) is 0 Å². The van der Waals surface area contributed by atoms with Gasteiger partial charge < -0.3 is 9.67 Å². The Morgan fingerprint density at radius 1 is 1.15 bits per heavy atom. The number of benzene rings is 1. The maximum atomic E-state index is 12.8. The van der Waals surface area contributed by atoms with E-state index in [0.29, 0.717) is 12.0 Å². The Hall–Kier alpha value is -2.87. The molecule has 1 N–H and O–H groups in total. The Morgan fingerprint density at radius 2 is 1.85 bits per heavy atom. The second-order valence-electron chi connectivity index (χ2n) is 6.19. The van der Waals surface area contributed by atoms with Crippen LogP contribution in [0.4, 0.5) is 0 Å². The molecule has 1 aliphatic rings. The Morgan fingerprint density at radius 3 is 2.59 bits per heavy atom. The number of hydrogen-bond acceptors (Lipinski definition) is 4. The highest BCUT2D eigenvalue weighted by atomic mass is 32.2.